The van der Waals surface area contributed by atoms with Crippen LogP contribution >= 0.6 is 46.4 Å². The first-order chi connectivity index (χ1) is 16.4. The monoisotopic (exact) mass is 534 g/mol. The van der Waals surface area contributed by atoms with E-state index in [9.17, 15) is 4.79 Å². The fourth-order valence-electron chi connectivity index (χ4n) is 2.79. The van der Waals surface area contributed by atoms with E-state index in [2.05, 4.69) is 21.1 Å². The Morgan fingerprint density at radius 1 is 0.647 bits per heavy atom. The number of carbonyl (C=O) groups excluding carboxylic acids is 1. The minimum Gasteiger partial charge on any atom is -0.455 e. The largest absolute Gasteiger partial charge is 0.455 e. The van der Waals surface area contributed by atoms with Crippen molar-refractivity contribution in [3.05, 3.63) is 92.3 Å². The third-order valence-electron chi connectivity index (χ3n) is 4.38. The van der Waals surface area contributed by atoms with Gasteiger partial charge in [0.1, 0.15) is 23.0 Å². The molecule has 2 N–H and O–H groups in total. The van der Waals surface area contributed by atoms with Crippen LogP contribution in [0.5, 0.6) is 0 Å². The number of carbonyl (C=O) groups is 1. The van der Waals surface area contributed by atoms with Crippen LogP contribution in [0.1, 0.15) is 11.5 Å². The number of hydrogen-bond acceptors (Lipinski definition) is 5. The van der Waals surface area contributed by atoms with Crippen LogP contribution in [-0.2, 0) is 0 Å². The predicted molar refractivity (Wildman–Crippen MR) is 135 cm³/mol. The van der Waals surface area contributed by atoms with E-state index in [-0.39, 0.29) is 0 Å². The zero-order valence-electron chi connectivity index (χ0n) is 17.1. The molecule has 11 heteroatoms. The molecule has 0 fully saturated rings. The van der Waals surface area contributed by atoms with Crippen LogP contribution < -0.4 is 10.9 Å². The van der Waals surface area contributed by atoms with E-state index in [0.717, 1.165) is 11.1 Å². The Hall–Kier alpha value is -3.23. The minimum absolute atomic E-state index is 0.421. The molecule has 0 atom stereocenters. The van der Waals surface area contributed by atoms with E-state index in [4.69, 9.17) is 55.2 Å². The van der Waals surface area contributed by atoms with Gasteiger partial charge in [-0.25, -0.2) is 15.6 Å². The van der Waals surface area contributed by atoms with Gasteiger partial charge < -0.3 is 8.83 Å². The first-order valence-corrected chi connectivity index (χ1v) is 11.1. The Morgan fingerprint density at radius 3 is 1.50 bits per heavy atom. The van der Waals surface area contributed by atoms with Gasteiger partial charge in [-0.1, -0.05) is 46.4 Å². The molecule has 0 bridgehead atoms. The molecule has 2 aromatic carbocycles. The summed E-state index contributed by atoms with van der Waals surface area (Å²) in [5.41, 5.74) is 6.07. The maximum absolute atomic E-state index is 11.9. The maximum atomic E-state index is 11.9. The highest BCUT2D eigenvalue weighted by Gasteiger charge is 2.08. The molecule has 0 unspecified atom stereocenters. The van der Waals surface area contributed by atoms with Gasteiger partial charge >= 0.3 is 6.03 Å². The Labute approximate surface area is 213 Å². The van der Waals surface area contributed by atoms with Crippen molar-refractivity contribution in [3.8, 4) is 22.6 Å². The number of rotatable bonds is 6. The highest BCUT2D eigenvalue weighted by Crippen LogP contribution is 2.30. The lowest BCUT2D eigenvalue weighted by Crippen LogP contribution is -2.28. The number of nitrogens with zero attached hydrogens (tertiary/aromatic N) is 2. The summed E-state index contributed by atoms with van der Waals surface area (Å²) in [6.07, 6.45) is 2.70. The fraction of sp³-hybridized carbons (Fsp3) is 0. The number of hydrogen-bond donors (Lipinski definition) is 2. The highest BCUT2D eigenvalue weighted by molar-refractivity contribution is 6.42. The van der Waals surface area contributed by atoms with Crippen LogP contribution in [0.25, 0.3) is 22.6 Å². The van der Waals surface area contributed by atoms with Crippen molar-refractivity contribution in [3.63, 3.8) is 0 Å². The van der Waals surface area contributed by atoms with Gasteiger partial charge in [-0.05, 0) is 60.7 Å². The first-order valence-electron chi connectivity index (χ1n) is 9.61. The van der Waals surface area contributed by atoms with Crippen molar-refractivity contribution >= 4 is 64.9 Å². The summed E-state index contributed by atoms with van der Waals surface area (Å²) in [6, 6.07) is 16.6. The average Bonchev–Trinajstić information content (AvgIpc) is 3.48. The van der Waals surface area contributed by atoms with Gasteiger partial charge in [-0.15, -0.1) is 0 Å². The molecule has 4 aromatic rings. The SMILES string of the molecule is O=C(N/N=C\c1ccc(-c2ccc(Cl)c(Cl)c2)o1)N/N=C\c1ccc(-c2ccc(Cl)c(Cl)c2)o1. The third-order valence-corrected chi connectivity index (χ3v) is 5.86. The molecule has 4 rings (SSSR count). The summed E-state index contributed by atoms with van der Waals surface area (Å²) < 4.78 is 11.3. The summed E-state index contributed by atoms with van der Waals surface area (Å²) in [5.74, 6) is 2.01. The topological polar surface area (TPSA) is 92.1 Å². The smallest absolute Gasteiger partial charge is 0.355 e. The number of benzene rings is 2. The molecule has 0 radical (unpaired) electrons. The molecule has 172 valence electrons. The maximum Gasteiger partial charge on any atom is 0.355 e. The first kappa shape index (κ1) is 23.9. The van der Waals surface area contributed by atoms with Crippen LogP contribution in [0.2, 0.25) is 20.1 Å². The minimum atomic E-state index is -0.653. The zero-order chi connectivity index (χ0) is 24.1. The van der Waals surface area contributed by atoms with E-state index >= 15 is 0 Å². The van der Waals surface area contributed by atoms with Crippen molar-refractivity contribution in [2.24, 2.45) is 10.2 Å². The van der Waals surface area contributed by atoms with Gasteiger partial charge in [0.05, 0.1) is 32.5 Å². The van der Waals surface area contributed by atoms with Gasteiger partial charge in [0.2, 0.25) is 0 Å². The molecular formula is C23H14Cl4N4O3. The molecule has 0 aliphatic heterocycles. The van der Waals surface area contributed by atoms with Crippen molar-refractivity contribution < 1.29 is 13.6 Å². The molecule has 0 aliphatic rings. The molecule has 0 aliphatic carbocycles. The van der Waals surface area contributed by atoms with Crippen LogP contribution in [0, 0.1) is 0 Å². The number of amides is 2. The summed E-state index contributed by atoms with van der Waals surface area (Å²) >= 11 is 23.9. The molecule has 0 saturated carbocycles. The van der Waals surface area contributed by atoms with Gasteiger partial charge in [0.15, 0.2) is 0 Å². The number of halogens is 4. The Balaban J connectivity index is 1.28. The third kappa shape index (κ3) is 6.01. The summed E-state index contributed by atoms with van der Waals surface area (Å²) in [6.45, 7) is 0. The Bertz CT molecular complexity index is 1290. The summed E-state index contributed by atoms with van der Waals surface area (Å²) in [4.78, 5) is 11.9. The second kappa shape index (κ2) is 10.8. The summed E-state index contributed by atoms with van der Waals surface area (Å²) in [5, 5.41) is 9.38. The Morgan fingerprint density at radius 2 is 1.09 bits per heavy atom. The van der Waals surface area contributed by atoms with E-state index in [1.807, 2.05) is 0 Å². The van der Waals surface area contributed by atoms with Crippen molar-refractivity contribution in [2.45, 2.75) is 0 Å². The van der Waals surface area contributed by atoms with Crippen molar-refractivity contribution in [1.29, 1.82) is 0 Å². The number of urea groups is 1. The molecule has 2 heterocycles. The Kier molecular flexibility index (Phi) is 7.59. The lowest BCUT2D eigenvalue weighted by atomic mass is 10.2. The van der Waals surface area contributed by atoms with Crippen LogP contribution in [0.3, 0.4) is 0 Å². The molecule has 7 nitrogen and oxygen atoms in total. The highest BCUT2D eigenvalue weighted by atomic mass is 35.5. The van der Waals surface area contributed by atoms with Gasteiger partial charge in [-0.2, -0.15) is 10.2 Å². The zero-order valence-corrected chi connectivity index (χ0v) is 20.1. The number of furan rings is 2. The van der Waals surface area contributed by atoms with E-state index in [1.165, 1.54) is 12.4 Å². The van der Waals surface area contributed by atoms with Crippen LogP contribution in [-0.4, -0.2) is 18.5 Å². The quantitative estimate of drug-likeness (QED) is 0.198. The molecule has 2 amide bonds. The molecular weight excluding hydrogens is 522 g/mol. The lowest BCUT2D eigenvalue weighted by Gasteiger charge is -2.00. The van der Waals surface area contributed by atoms with Gasteiger partial charge in [0.25, 0.3) is 0 Å². The van der Waals surface area contributed by atoms with E-state index in [0.29, 0.717) is 43.1 Å². The fourth-order valence-corrected chi connectivity index (χ4v) is 3.38. The molecule has 0 spiro atoms. The second-order valence-electron chi connectivity index (χ2n) is 6.73. The van der Waals surface area contributed by atoms with Gasteiger partial charge in [0, 0.05) is 11.1 Å². The average molecular weight is 536 g/mol. The van der Waals surface area contributed by atoms with Crippen molar-refractivity contribution in [1.82, 2.24) is 10.9 Å². The number of nitrogens with one attached hydrogen (secondary N) is 2. The van der Waals surface area contributed by atoms with Crippen molar-refractivity contribution in [2.75, 3.05) is 0 Å². The number of hydrazone groups is 2. The molecule has 0 saturated heterocycles. The summed E-state index contributed by atoms with van der Waals surface area (Å²) in [7, 11) is 0. The van der Waals surface area contributed by atoms with Crippen LogP contribution in [0.4, 0.5) is 4.79 Å². The van der Waals surface area contributed by atoms with E-state index in [1.54, 1.807) is 60.7 Å². The standard InChI is InChI=1S/C23H14Cl4N4O3/c24-17-5-1-13(9-19(17)26)21-7-3-15(33-21)11-28-30-23(32)31-29-12-16-4-8-22(34-16)14-2-6-18(25)20(27)10-14/h1-12H,(H2,30,31,32)/b28-11-,29-12-. The normalized spacial score (nSPS) is 11.4. The van der Waals surface area contributed by atoms with Crippen LogP contribution in [0.15, 0.2) is 79.7 Å². The molecule has 2 aromatic heterocycles. The predicted octanol–water partition coefficient (Wildman–Crippen LogP) is 7.49. The molecule has 34 heavy (non-hydrogen) atoms. The lowest BCUT2D eigenvalue weighted by molar-refractivity contribution is 0.242. The van der Waals surface area contributed by atoms with E-state index < -0.39 is 6.03 Å². The van der Waals surface area contributed by atoms with Gasteiger partial charge in [-0.3, -0.25) is 0 Å². The second-order valence-corrected chi connectivity index (χ2v) is 8.36.